The third-order valence-electron chi connectivity index (χ3n) is 2.88. The number of rotatable bonds is 2. The normalized spacial score (nSPS) is 10.5. The van der Waals surface area contributed by atoms with Crippen LogP contribution >= 0.6 is 0 Å². The summed E-state index contributed by atoms with van der Waals surface area (Å²) < 4.78 is 4.71. The van der Waals surface area contributed by atoms with E-state index in [1.807, 2.05) is 0 Å². The SMILES string of the molecule is CCn1c(C)c(C)[n+](C)c1C(C)C.[I-]. The summed E-state index contributed by atoms with van der Waals surface area (Å²) in [5.74, 6) is 2.02. The lowest BCUT2D eigenvalue weighted by molar-refractivity contribution is -0.685. The summed E-state index contributed by atoms with van der Waals surface area (Å²) in [5.41, 5.74) is 2.78. The van der Waals surface area contributed by atoms with Gasteiger partial charge in [0.15, 0.2) is 0 Å². The highest BCUT2D eigenvalue weighted by Gasteiger charge is 2.23. The third kappa shape index (κ3) is 2.12. The van der Waals surface area contributed by atoms with Crippen LogP contribution in [0.4, 0.5) is 0 Å². The van der Waals surface area contributed by atoms with Crippen molar-refractivity contribution in [3.63, 3.8) is 0 Å². The Kier molecular flexibility index (Phi) is 5.12. The molecule has 0 aliphatic rings. The third-order valence-corrected chi connectivity index (χ3v) is 2.88. The Balaban J connectivity index is 0.00000169. The van der Waals surface area contributed by atoms with Gasteiger partial charge in [-0.3, -0.25) is 0 Å². The molecule has 2 nitrogen and oxygen atoms in total. The molecular formula is C11H21IN2. The summed E-state index contributed by atoms with van der Waals surface area (Å²) in [6, 6.07) is 0. The van der Waals surface area contributed by atoms with Gasteiger partial charge < -0.3 is 24.0 Å². The number of hydrogen-bond donors (Lipinski definition) is 0. The zero-order valence-corrected chi connectivity index (χ0v) is 12.2. The molecule has 0 aliphatic carbocycles. The van der Waals surface area contributed by atoms with Gasteiger partial charge in [-0.1, -0.05) is 13.8 Å². The van der Waals surface area contributed by atoms with E-state index in [4.69, 9.17) is 0 Å². The monoisotopic (exact) mass is 308 g/mol. The molecule has 0 radical (unpaired) electrons. The molecular weight excluding hydrogens is 287 g/mol. The molecule has 0 N–H and O–H groups in total. The van der Waals surface area contributed by atoms with Crippen molar-refractivity contribution in [2.24, 2.45) is 7.05 Å². The number of hydrogen-bond acceptors (Lipinski definition) is 0. The molecule has 1 heterocycles. The van der Waals surface area contributed by atoms with E-state index in [0.29, 0.717) is 5.92 Å². The van der Waals surface area contributed by atoms with Gasteiger partial charge in [-0.05, 0) is 6.92 Å². The smallest absolute Gasteiger partial charge is 0.259 e. The molecule has 0 amide bonds. The molecule has 1 aromatic rings. The zero-order valence-electron chi connectivity index (χ0n) is 10.1. The largest absolute Gasteiger partial charge is 1.00 e. The van der Waals surface area contributed by atoms with Gasteiger partial charge in [-0.15, -0.1) is 0 Å². The Labute approximate surface area is 104 Å². The average Bonchev–Trinajstić information content (AvgIpc) is 2.29. The van der Waals surface area contributed by atoms with Crippen LogP contribution in [-0.4, -0.2) is 4.57 Å². The van der Waals surface area contributed by atoms with Crippen LogP contribution in [0.3, 0.4) is 0 Å². The van der Waals surface area contributed by atoms with Crippen LogP contribution < -0.4 is 28.5 Å². The van der Waals surface area contributed by atoms with Gasteiger partial charge in [0.2, 0.25) is 0 Å². The number of aromatic nitrogens is 2. The predicted octanol–water partition coefficient (Wildman–Crippen LogP) is -0.923. The van der Waals surface area contributed by atoms with Gasteiger partial charge in [0.25, 0.3) is 5.82 Å². The van der Waals surface area contributed by atoms with E-state index < -0.39 is 0 Å². The van der Waals surface area contributed by atoms with Gasteiger partial charge in [0.1, 0.15) is 11.4 Å². The van der Waals surface area contributed by atoms with E-state index in [2.05, 4.69) is 50.8 Å². The standard InChI is InChI=1S/C11H21N2.HI/c1-7-13-10(5)9(4)12(6)11(13)8(2)3;/h8H,7H2,1-6H3;1H/q+1;/p-1. The molecule has 0 fully saturated rings. The van der Waals surface area contributed by atoms with Crippen LogP contribution in [0.15, 0.2) is 0 Å². The van der Waals surface area contributed by atoms with Crippen molar-refractivity contribution in [1.82, 2.24) is 4.57 Å². The van der Waals surface area contributed by atoms with Crippen molar-refractivity contribution < 1.29 is 28.5 Å². The van der Waals surface area contributed by atoms with Crippen LogP contribution in [0.1, 0.15) is 43.9 Å². The van der Waals surface area contributed by atoms with Crippen molar-refractivity contribution in [3.8, 4) is 0 Å². The Morgan fingerprint density at radius 3 is 2.07 bits per heavy atom. The Morgan fingerprint density at radius 1 is 1.29 bits per heavy atom. The Morgan fingerprint density at radius 2 is 1.79 bits per heavy atom. The summed E-state index contributed by atoms with van der Waals surface area (Å²) in [5, 5.41) is 0. The first kappa shape index (κ1) is 13.9. The first-order chi connectivity index (χ1) is 6.00. The van der Waals surface area contributed by atoms with Gasteiger partial charge in [-0.2, -0.15) is 0 Å². The second kappa shape index (κ2) is 5.14. The van der Waals surface area contributed by atoms with Crippen LogP contribution in [0.5, 0.6) is 0 Å². The highest BCUT2D eigenvalue weighted by molar-refractivity contribution is 5.08. The molecule has 0 bridgehead atoms. The Bertz CT molecular complexity index is 314. The van der Waals surface area contributed by atoms with E-state index >= 15 is 0 Å². The fraction of sp³-hybridized carbons (Fsp3) is 0.727. The summed E-state index contributed by atoms with van der Waals surface area (Å²) in [7, 11) is 2.16. The van der Waals surface area contributed by atoms with E-state index in [1.165, 1.54) is 17.2 Å². The topological polar surface area (TPSA) is 8.81 Å². The lowest BCUT2D eigenvalue weighted by Crippen LogP contribution is -3.00. The highest BCUT2D eigenvalue weighted by atomic mass is 127. The second-order valence-corrected chi connectivity index (χ2v) is 3.99. The maximum absolute atomic E-state index is 2.40. The number of halogens is 1. The van der Waals surface area contributed by atoms with E-state index in [-0.39, 0.29) is 24.0 Å². The minimum atomic E-state index is 0. The molecule has 82 valence electrons. The van der Waals surface area contributed by atoms with Gasteiger partial charge in [0, 0.05) is 13.8 Å². The molecule has 0 saturated carbocycles. The minimum Gasteiger partial charge on any atom is -1.00 e. The van der Waals surface area contributed by atoms with Crippen LogP contribution in [0.25, 0.3) is 0 Å². The van der Waals surface area contributed by atoms with Gasteiger partial charge in [-0.25, -0.2) is 9.13 Å². The molecule has 0 unspecified atom stereocenters. The van der Waals surface area contributed by atoms with Gasteiger partial charge >= 0.3 is 0 Å². The summed E-state index contributed by atoms with van der Waals surface area (Å²) >= 11 is 0. The summed E-state index contributed by atoms with van der Waals surface area (Å²) in [4.78, 5) is 0. The van der Waals surface area contributed by atoms with E-state index in [9.17, 15) is 0 Å². The fourth-order valence-corrected chi connectivity index (χ4v) is 2.06. The number of imidazole rings is 1. The average molecular weight is 308 g/mol. The van der Waals surface area contributed by atoms with Crippen molar-refractivity contribution in [3.05, 3.63) is 17.2 Å². The minimum absolute atomic E-state index is 0. The van der Waals surface area contributed by atoms with Gasteiger partial charge in [0.05, 0.1) is 19.5 Å². The lowest BCUT2D eigenvalue weighted by Gasteiger charge is -2.03. The van der Waals surface area contributed by atoms with Crippen LogP contribution in [0.2, 0.25) is 0 Å². The molecule has 0 aliphatic heterocycles. The molecule has 14 heavy (non-hydrogen) atoms. The summed E-state index contributed by atoms with van der Waals surface area (Å²) in [6.07, 6.45) is 0. The first-order valence-corrected chi connectivity index (χ1v) is 5.06. The number of nitrogens with zero attached hydrogens (tertiary/aromatic N) is 2. The van der Waals surface area contributed by atoms with E-state index in [1.54, 1.807) is 0 Å². The van der Waals surface area contributed by atoms with Crippen molar-refractivity contribution in [1.29, 1.82) is 0 Å². The van der Waals surface area contributed by atoms with Crippen LogP contribution in [-0.2, 0) is 13.6 Å². The fourth-order valence-electron chi connectivity index (χ4n) is 2.06. The van der Waals surface area contributed by atoms with Crippen molar-refractivity contribution in [2.75, 3.05) is 0 Å². The van der Waals surface area contributed by atoms with Crippen molar-refractivity contribution in [2.45, 2.75) is 47.1 Å². The Hall–Kier alpha value is -0.0600. The second-order valence-electron chi connectivity index (χ2n) is 3.99. The van der Waals surface area contributed by atoms with E-state index in [0.717, 1.165) is 6.54 Å². The lowest BCUT2D eigenvalue weighted by atomic mass is 10.2. The zero-order chi connectivity index (χ0) is 10.2. The molecule has 0 saturated heterocycles. The summed E-state index contributed by atoms with van der Waals surface area (Å²) in [6.45, 7) is 12.2. The molecule has 0 spiro atoms. The maximum atomic E-state index is 2.40. The molecule has 3 heteroatoms. The predicted molar refractivity (Wildman–Crippen MR) is 54.8 cm³/mol. The van der Waals surface area contributed by atoms with Crippen LogP contribution in [0, 0.1) is 13.8 Å². The molecule has 0 atom stereocenters. The first-order valence-electron chi connectivity index (χ1n) is 5.06. The van der Waals surface area contributed by atoms with Crippen molar-refractivity contribution >= 4 is 0 Å². The molecule has 1 aromatic heterocycles. The molecule has 1 rings (SSSR count). The highest BCUT2D eigenvalue weighted by Crippen LogP contribution is 2.15. The molecule has 0 aromatic carbocycles. The quantitative estimate of drug-likeness (QED) is 0.493. The maximum Gasteiger partial charge on any atom is 0.259 e.